The number of aliphatic hydroxyl groups excluding tert-OH is 1. The third-order valence-electron chi connectivity index (χ3n) is 3.58. The largest absolute Gasteiger partial charge is 0.493 e. The normalized spacial score (nSPS) is 14.9. The van der Waals surface area contributed by atoms with Crippen molar-refractivity contribution in [1.82, 2.24) is 0 Å². The fourth-order valence-corrected chi connectivity index (χ4v) is 2.88. The van der Waals surface area contributed by atoms with Crippen molar-refractivity contribution in [2.24, 2.45) is 0 Å². The van der Waals surface area contributed by atoms with E-state index in [1.54, 1.807) is 6.26 Å². The lowest BCUT2D eigenvalue weighted by atomic mass is 10.0. The molecule has 1 aromatic heterocycles. The predicted octanol–water partition coefficient (Wildman–Crippen LogP) is 3.40. The maximum absolute atomic E-state index is 10.2. The van der Waals surface area contributed by atoms with Crippen LogP contribution in [0.4, 0.5) is 0 Å². The van der Waals surface area contributed by atoms with E-state index in [2.05, 4.69) is 0 Å². The smallest absolute Gasteiger partial charge is 0.126 e. The molecule has 3 nitrogen and oxygen atoms in total. The number of fused-ring (bicyclic) bond motifs is 1. The number of ether oxygens (including phenoxy) is 1. The van der Waals surface area contributed by atoms with E-state index in [0.29, 0.717) is 24.5 Å². The number of halogens is 1. The van der Waals surface area contributed by atoms with Crippen LogP contribution in [0.2, 0.25) is 5.02 Å². The van der Waals surface area contributed by atoms with Crippen molar-refractivity contribution in [3.05, 3.63) is 52.4 Å². The Hall–Kier alpha value is -1.45. The monoisotopic (exact) mass is 292 g/mol. The molecule has 0 amide bonds. The molecule has 0 spiro atoms. The van der Waals surface area contributed by atoms with Crippen molar-refractivity contribution in [3.63, 3.8) is 0 Å². The summed E-state index contributed by atoms with van der Waals surface area (Å²) in [5.41, 5.74) is 2.14. The van der Waals surface area contributed by atoms with Crippen molar-refractivity contribution in [3.8, 4) is 5.75 Å². The predicted molar refractivity (Wildman–Crippen MR) is 77.4 cm³/mol. The number of aryl methyl sites for hydroxylation is 1. The Morgan fingerprint density at radius 1 is 1.35 bits per heavy atom. The van der Waals surface area contributed by atoms with Gasteiger partial charge in [0.2, 0.25) is 0 Å². The zero-order valence-electron chi connectivity index (χ0n) is 11.1. The molecule has 20 heavy (non-hydrogen) atoms. The van der Waals surface area contributed by atoms with E-state index in [0.717, 1.165) is 35.5 Å². The molecule has 1 atom stereocenters. The molecule has 0 fully saturated rings. The molecule has 106 valence electrons. The van der Waals surface area contributed by atoms with E-state index in [1.807, 2.05) is 24.3 Å². The minimum atomic E-state index is -0.424. The van der Waals surface area contributed by atoms with Gasteiger partial charge in [0.25, 0.3) is 0 Å². The molecule has 1 aliphatic heterocycles. The molecule has 0 radical (unpaired) electrons. The molecule has 2 heterocycles. The molecular formula is C16H17ClO3. The van der Waals surface area contributed by atoms with Crippen LogP contribution in [0.1, 0.15) is 23.3 Å². The number of furan rings is 1. The Balaban J connectivity index is 1.65. The molecule has 2 aromatic rings. The number of benzene rings is 1. The van der Waals surface area contributed by atoms with Gasteiger partial charge in [-0.25, -0.2) is 0 Å². The molecule has 1 aromatic carbocycles. The minimum absolute atomic E-state index is 0.424. The molecule has 1 unspecified atom stereocenters. The van der Waals surface area contributed by atoms with E-state index in [1.165, 1.54) is 0 Å². The SMILES string of the molecule is OC(CCc1ccco1)Cc1cc(Cl)cc2c1OCC2. The topological polar surface area (TPSA) is 42.6 Å². The van der Waals surface area contributed by atoms with Gasteiger partial charge < -0.3 is 14.3 Å². The second-order valence-corrected chi connectivity index (χ2v) is 5.56. The third-order valence-corrected chi connectivity index (χ3v) is 3.80. The Morgan fingerprint density at radius 3 is 3.05 bits per heavy atom. The Bertz CT molecular complexity index is 578. The molecule has 0 saturated carbocycles. The fourth-order valence-electron chi connectivity index (χ4n) is 2.62. The Kier molecular flexibility index (Phi) is 3.99. The van der Waals surface area contributed by atoms with Gasteiger partial charge in [0.1, 0.15) is 11.5 Å². The summed E-state index contributed by atoms with van der Waals surface area (Å²) in [6.07, 6.45) is 4.08. The first-order valence-electron chi connectivity index (χ1n) is 6.87. The number of rotatable bonds is 5. The maximum atomic E-state index is 10.2. The van der Waals surface area contributed by atoms with Crippen LogP contribution in [0.5, 0.6) is 5.75 Å². The van der Waals surface area contributed by atoms with Crippen molar-refractivity contribution in [1.29, 1.82) is 0 Å². The molecule has 4 heteroatoms. The molecule has 1 aliphatic rings. The summed E-state index contributed by atoms with van der Waals surface area (Å²) in [5.74, 6) is 1.81. The summed E-state index contributed by atoms with van der Waals surface area (Å²) in [5, 5.41) is 10.9. The van der Waals surface area contributed by atoms with Gasteiger partial charge in [-0.15, -0.1) is 0 Å². The van der Waals surface area contributed by atoms with E-state index in [9.17, 15) is 5.11 Å². The highest BCUT2D eigenvalue weighted by atomic mass is 35.5. The van der Waals surface area contributed by atoms with E-state index in [-0.39, 0.29) is 0 Å². The fraction of sp³-hybridized carbons (Fsp3) is 0.375. The van der Waals surface area contributed by atoms with Crippen LogP contribution >= 0.6 is 11.6 Å². The lowest BCUT2D eigenvalue weighted by Gasteiger charge is -2.13. The molecular weight excluding hydrogens is 276 g/mol. The van der Waals surface area contributed by atoms with Crippen LogP contribution in [0.25, 0.3) is 0 Å². The molecule has 1 N–H and O–H groups in total. The van der Waals surface area contributed by atoms with E-state index < -0.39 is 6.10 Å². The van der Waals surface area contributed by atoms with Crippen LogP contribution in [-0.2, 0) is 19.3 Å². The van der Waals surface area contributed by atoms with Gasteiger partial charge in [-0.05, 0) is 41.8 Å². The van der Waals surface area contributed by atoms with Gasteiger partial charge >= 0.3 is 0 Å². The van der Waals surface area contributed by atoms with E-state index in [4.69, 9.17) is 20.8 Å². The zero-order chi connectivity index (χ0) is 13.9. The first-order chi connectivity index (χ1) is 9.72. The summed E-state index contributed by atoms with van der Waals surface area (Å²) >= 11 is 6.12. The third kappa shape index (κ3) is 3.00. The van der Waals surface area contributed by atoms with E-state index >= 15 is 0 Å². The van der Waals surface area contributed by atoms with Crippen LogP contribution < -0.4 is 4.74 Å². The number of hydrogen-bond donors (Lipinski definition) is 1. The van der Waals surface area contributed by atoms with Crippen molar-refractivity contribution < 1.29 is 14.3 Å². The van der Waals surface area contributed by atoms with Crippen LogP contribution in [0, 0.1) is 0 Å². The molecule has 0 saturated heterocycles. The highest BCUT2D eigenvalue weighted by Crippen LogP contribution is 2.33. The quantitative estimate of drug-likeness (QED) is 0.918. The average Bonchev–Trinajstić information content (AvgIpc) is 3.06. The van der Waals surface area contributed by atoms with Crippen molar-refractivity contribution in [2.75, 3.05) is 6.61 Å². The average molecular weight is 293 g/mol. The lowest BCUT2D eigenvalue weighted by molar-refractivity contribution is 0.161. The first kappa shape index (κ1) is 13.5. The lowest BCUT2D eigenvalue weighted by Crippen LogP contribution is -2.12. The second kappa shape index (κ2) is 5.90. The zero-order valence-corrected chi connectivity index (χ0v) is 11.9. The van der Waals surface area contributed by atoms with Gasteiger partial charge in [0, 0.05) is 24.3 Å². The van der Waals surface area contributed by atoms with Crippen LogP contribution in [0.3, 0.4) is 0 Å². The van der Waals surface area contributed by atoms with Gasteiger partial charge in [-0.2, -0.15) is 0 Å². The highest BCUT2D eigenvalue weighted by Gasteiger charge is 2.19. The Labute approximate surface area is 123 Å². The molecule has 0 aliphatic carbocycles. The van der Waals surface area contributed by atoms with Gasteiger partial charge in [-0.1, -0.05) is 11.6 Å². The van der Waals surface area contributed by atoms with Crippen molar-refractivity contribution >= 4 is 11.6 Å². The minimum Gasteiger partial charge on any atom is -0.493 e. The van der Waals surface area contributed by atoms with Gasteiger partial charge in [-0.3, -0.25) is 0 Å². The number of hydrogen-bond acceptors (Lipinski definition) is 3. The maximum Gasteiger partial charge on any atom is 0.126 e. The van der Waals surface area contributed by atoms with Crippen molar-refractivity contribution in [2.45, 2.75) is 31.8 Å². The Morgan fingerprint density at radius 2 is 2.25 bits per heavy atom. The highest BCUT2D eigenvalue weighted by molar-refractivity contribution is 6.30. The molecule has 3 rings (SSSR count). The number of aliphatic hydroxyl groups is 1. The van der Waals surface area contributed by atoms with Crippen LogP contribution in [-0.4, -0.2) is 17.8 Å². The summed E-state index contributed by atoms with van der Waals surface area (Å²) in [6, 6.07) is 7.62. The van der Waals surface area contributed by atoms with Gasteiger partial charge in [0.05, 0.1) is 19.0 Å². The summed E-state index contributed by atoms with van der Waals surface area (Å²) < 4.78 is 10.9. The summed E-state index contributed by atoms with van der Waals surface area (Å²) in [6.45, 7) is 0.700. The first-order valence-corrected chi connectivity index (χ1v) is 7.24. The van der Waals surface area contributed by atoms with Gasteiger partial charge in [0.15, 0.2) is 0 Å². The second-order valence-electron chi connectivity index (χ2n) is 5.13. The standard InChI is InChI=1S/C16H17ClO3/c17-13-8-11-5-7-20-16(11)12(9-13)10-14(18)3-4-15-2-1-6-19-15/h1-2,6,8-9,14,18H,3-5,7,10H2. The van der Waals surface area contributed by atoms with Crippen LogP contribution in [0.15, 0.2) is 34.9 Å². The summed E-state index contributed by atoms with van der Waals surface area (Å²) in [7, 11) is 0. The summed E-state index contributed by atoms with van der Waals surface area (Å²) in [4.78, 5) is 0. The molecule has 0 bridgehead atoms.